The fraction of sp³-hybridized carbons (Fsp3) is 0.286. The molecule has 3 aromatic rings. The summed E-state index contributed by atoms with van der Waals surface area (Å²) in [4.78, 5) is 33.5. The van der Waals surface area contributed by atoms with E-state index >= 15 is 0 Å². The molecule has 0 aliphatic carbocycles. The minimum absolute atomic E-state index is 0.0463. The quantitative estimate of drug-likeness (QED) is 0.537. The zero-order valence-electron chi connectivity index (χ0n) is 17.4. The maximum Gasteiger partial charge on any atom is 0.268 e. The number of likely N-dealkylation sites (N-methyl/N-ethyl adjacent to an activating group) is 1. The third-order valence-electron chi connectivity index (χ3n) is 4.59. The largest absolute Gasteiger partial charge is 0.337 e. The molecule has 2 aromatic heterocycles. The Morgan fingerprint density at radius 3 is 2.65 bits per heavy atom. The molecule has 0 spiro atoms. The summed E-state index contributed by atoms with van der Waals surface area (Å²) in [5.74, 6) is -0.373. The first-order chi connectivity index (χ1) is 14.7. The number of carbonyl (C=O) groups excluding carboxylic acids is 1. The molecule has 164 valence electrons. The van der Waals surface area contributed by atoms with Crippen molar-refractivity contribution in [3.8, 4) is 0 Å². The minimum Gasteiger partial charge on any atom is -0.337 e. The number of fused-ring (bicyclic) bond motifs is 1. The van der Waals surface area contributed by atoms with E-state index in [0.29, 0.717) is 16.0 Å². The summed E-state index contributed by atoms with van der Waals surface area (Å²) >= 11 is 1.30. The molecule has 0 saturated carbocycles. The van der Waals surface area contributed by atoms with E-state index in [1.165, 1.54) is 22.3 Å². The summed E-state index contributed by atoms with van der Waals surface area (Å²) in [6.45, 7) is 3.57. The van der Waals surface area contributed by atoms with Gasteiger partial charge in [-0.15, -0.1) is 11.3 Å². The average molecular weight is 461 g/mol. The predicted molar refractivity (Wildman–Crippen MR) is 123 cm³/mol. The number of aromatic nitrogens is 2. The van der Waals surface area contributed by atoms with Gasteiger partial charge in [-0.25, -0.2) is 13.4 Å². The topological polar surface area (TPSA) is 112 Å². The molecule has 0 fully saturated rings. The summed E-state index contributed by atoms with van der Waals surface area (Å²) in [5.41, 5.74) is 1.04. The molecular weight excluding hydrogens is 436 g/mol. The van der Waals surface area contributed by atoms with Gasteiger partial charge in [-0.05, 0) is 29.0 Å². The highest BCUT2D eigenvalue weighted by molar-refractivity contribution is 7.92. The first-order valence-electron chi connectivity index (χ1n) is 9.63. The van der Waals surface area contributed by atoms with Crippen molar-refractivity contribution in [2.45, 2.75) is 26.4 Å². The molecule has 0 aliphatic heterocycles. The number of nitrogens with zero attached hydrogens (tertiary/aromatic N) is 2. The van der Waals surface area contributed by atoms with Gasteiger partial charge < -0.3 is 9.88 Å². The number of amides is 1. The Labute approximate surface area is 184 Å². The van der Waals surface area contributed by atoms with Gasteiger partial charge in [-0.2, -0.15) is 4.72 Å². The second kappa shape index (κ2) is 9.54. The lowest BCUT2D eigenvalue weighted by atomic mass is 10.0. The third kappa shape index (κ3) is 5.87. The molecule has 0 bridgehead atoms. The number of rotatable bonds is 8. The molecule has 0 radical (unpaired) electrons. The van der Waals surface area contributed by atoms with Gasteiger partial charge in [0.1, 0.15) is 16.6 Å². The van der Waals surface area contributed by atoms with Crippen LogP contribution in [0.3, 0.4) is 0 Å². The summed E-state index contributed by atoms with van der Waals surface area (Å²) < 4.78 is 28.1. The second-order valence-corrected chi connectivity index (χ2v) is 9.95. The van der Waals surface area contributed by atoms with E-state index in [4.69, 9.17) is 0 Å². The monoisotopic (exact) mass is 460 g/mol. The Morgan fingerprint density at radius 1 is 1.26 bits per heavy atom. The molecule has 10 heteroatoms. The smallest absolute Gasteiger partial charge is 0.268 e. The molecule has 3 rings (SSSR count). The lowest BCUT2D eigenvalue weighted by molar-refractivity contribution is -0.133. The number of benzene rings is 1. The molecule has 1 atom stereocenters. The molecule has 31 heavy (non-hydrogen) atoms. The Hall–Kier alpha value is -2.82. The van der Waals surface area contributed by atoms with Gasteiger partial charge >= 0.3 is 0 Å². The Balaban J connectivity index is 1.74. The summed E-state index contributed by atoms with van der Waals surface area (Å²) in [5, 5.41) is 2.83. The van der Waals surface area contributed by atoms with Crippen LogP contribution >= 0.6 is 11.3 Å². The fourth-order valence-electron chi connectivity index (χ4n) is 2.96. The molecule has 8 nitrogen and oxygen atoms in total. The van der Waals surface area contributed by atoms with Crippen LogP contribution in [0.5, 0.6) is 0 Å². The van der Waals surface area contributed by atoms with Crippen LogP contribution in [0.15, 0.2) is 52.0 Å². The standard InChI is InChI=1S/C21H24N4O4S2/c1-14(2)18(24-31(28,29)12-10-15-7-5-4-6-8-15)21(27)25(3)13-17-22-16-9-11-30-19(16)20(26)23-17/h4-12,14,18,24H,13H2,1-3H3,(H,22,23,26)/b12-10+/t18-/m0/s1. The number of H-pyrrole nitrogens is 1. The third-order valence-corrected chi connectivity index (χ3v) is 6.57. The zero-order valence-corrected chi connectivity index (χ0v) is 19.0. The lowest BCUT2D eigenvalue weighted by Crippen LogP contribution is -2.49. The van der Waals surface area contributed by atoms with Crippen molar-refractivity contribution in [2.24, 2.45) is 5.92 Å². The van der Waals surface area contributed by atoms with Crippen molar-refractivity contribution in [2.75, 3.05) is 7.05 Å². The summed E-state index contributed by atoms with van der Waals surface area (Å²) in [7, 11) is -2.31. The van der Waals surface area contributed by atoms with Gasteiger partial charge in [-0.3, -0.25) is 9.59 Å². The van der Waals surface area contributed by atoms with Crippen LogP contribution in [0.25, 0.3) is 16.3 Å². The van der Waals surface area contributed by atoms with Crippen molar-refractivity contribution in [3.05, 3.63) is 68.9 Å². The maximum absolute atomic E-state index is 13.0. The van der Waals surface area contributed by atoms with Crippen molar-refractivity contribution in [3.63, 3.8) is 0 Å². The summed E-state index contributed by atoms with van der Waals surface area (Å²) in [6.07, 6.45) is 1.47. The van der Waals surface area contributed by atoms with Gasteiger partial charge in [0.25, 0.3) is 5.56 Å². The highest BCUT2D eigenvalue weighted by Crippen LogP contribution is 2.15. The molecule has 0 saturated heterocycles. The van der Waals surface area contributed by atoms with Crippen LogP contribution in [-0.2, 0) is 21.4 Å². The van der Waals surface area contributed by atoms with Gasteiger partial charge in [-0.1, -0.05) is 44.2 Å². The molecule has 0 aliphatic rings. The van der Waals surface area contributed by atoms with Crippen LogP contribution in [0, 0.1) is 5.92 Å². The number of carbonyl (C=O) groups is 1. The highest BCUT2D eigenvalue weighted by Gasteiger charge is 2.29. The number of thiophene rings is 1. The molecule has 2 heterocycles. The minimum atomic E-state index is -3.85. The zero-order chi connectivity index (χ0) is 22.6. The van der Waals surface area contributed by atoms with Crippen molar-refractivity contribution >= 4 is 43.6 Å². The fourth-order valence-corrected chi connectivity index (χ4v) is 4.82. The average Bonchev–Trinajstić information content (AvgIpc) is 3.20. The van der Waals surface area contributed by atoms with Crippen molar-refractivity contribution in [1.82, 2.24) is 19.6 Å². The van der Waals surface area contributed by atoms with Gasteiger partial charge in [0.15, 0.2) is 0 Å². The first kappa shape index (κ1) is 22.9. The van der Waals surface area contributed by atoms with Crippen LogP contribution in [0.1, 0.15) is 25.2 Å². The Kier molecular flexibility index (Phi) is 7.04. The van der Waals surface area contributed by atoms with Gasteiger partial charge in [0, 0.05) is 12.5 Å². The van der Waals surface area contributed by atoms with E-state index in [9.17, 15) is 18.0 Å². The molecule has 2 N–H and O–H groups in total. The second-order valence-electron chi connectivity index (χ2n) is 7.44. The molecule has 1 amide bonds. The number of hydrogen-bond acceptors (Lipinski definition) is 6. The molecule has 0 unspecified atom stereocenters. The van der Waals surface area contributed by atoms with E-state index in [1.54, 1.807) is 56.6 Å². The normalized spacial score (nSPS) is 13.2. The number of aromatic amines is 1. The molecule has 1 aromatic carbocycles. The number of sulfonamides is 1. The SMILES string of the molecule is CC(C)[C@H](NS(=O)(=O)/C=C/c1ccccc1)C(=O)N(C)Cc1nc2ccsc2c(=O)[nH]1. The van der Waals surface area contributed by atoms with Crippen LogP contribution in [0.4, 0.5) is 0 Å². The van der Waals surface area contributed by atoms with E-state index in [0.717, 1.165) is 11.0 Å². The van der Waals surface area contributed by atoms with E-state index in [1.807, 2.05) is 6.07 Å². The van der Waals surface area contributed by atoms with Crippen molar-refractivity contribution < 1.29 is 13.2 Å². The lowest BCUT2D eigenvalue weighted by Gasteiger charge is -2.26. The van der Waals surface area contributed by atoms with Crippen LogP contribution in [0.2, 0.25) is 0 Å². The number of nitrogens with one attached hydrogen (secondary N) is 2. The predicted octanol–water partition coefficient (Wildman–Crippen LogP) is 2.56. The van der Waals surface area contributed by atoms with Crippen LogP contribution < -0.4 is 10.3 Å². The highest BCUT2D eigenvalue weighted by atomic mass is 32.2. The Bertz CT molecular complexity index is 1250. The van der Waals surface area contributed by atoms with Gasteiger partial charge in [0.2, 0.25) is 15.9 Å². The van der Waals surface area contributed by atoms with Crippen molar-refractivity contribution in [1.29, 1.82) is 0 Å². The first-order valence-corrected chi connectivity index (χ1v) is 12.1. The van der Waals surface area contributed by atoms with Gasteiger partial charge in [0.05, 0.1) is 12.1 Å². The van der Waals surface area contributed by atoms with Crippen LogP contribution in [-0.4, -0.2) is 42.3 Å². The number of hydrogen-bond donors (Lipinski definition) is 2. The Morgan fingerprint density at radius 2 is 1.97 bits per heavy atom. The summed E-state index contributed by atoms with van der Waals surface area (Å²) in [6, 6.07) is 9.79. The molecular formula is C21H24N4O4S2. The van der Waals surface area contributed by atoms with E-state index in [-0.39, 0.29) is 18.0 Å². The maximum atomic E-state index is 13.0. The van der Waals surface area contributed by atoms with E-state index < -0.39 is 22.0 Å². The van der Waals surface area contributed by atoms with E-state index in [2.05, 4.69) is 14.7 Å².